The van der Waals surface area contributed by atoms with Crippen LogP contribution in [0.15, 0.2) is 97.1 Å². The molecule has 0 aromatic heterocycles. The van der Waals surface area contributed by atoms with Gasteiger partial charge in [0.15, 0.2) is 11.6 Å². The Balaban J connectivity index is 2.06. The summed E-state index contributed by atoms with van der Waals surface area (Å²) in [6, 6.07) is 26.6. The molecule has 0 aliphatic carbocycles. The molecule has 4 rings (SSSR count). The van der Waals surface area contributed by atoms with Gasteiger partial charge in [0.1, 0.15) is 5.41 Å². The minimum atomic E-state index is -1.69. The Bertz CT molecular complexity index is 1190. The number of ketones is 2. The van der Waals surface area contributed by atoms with Crippen molar-refractivity contribution in [3.63, 3.8) is 0 Å². The topological polar surface area (TPSA) is 138 Å². The van der Waals surface area contributed by atoms with E-state index in [9.17, 15) is 9.59 Å². The summed E-state index contributed by atoms with van der Waals surface area (Å²) in [5, 5.41) is 0. The minimum Gasteiger partial charge on any atom is -0.399 e. The van der Waals surface area contributed by atoms with E-state index in [1.807, 2.05) is 0 Å². The van der Waals surface area contributed by atoms with Gasteiger partial charge in [-0.1, -0.05) is 24.3 Å². The average Bonchev–Trinajstić information content (AvgIpc) is 2.82. The lowest BCUT2D eigenvalue weighted by molar-refractivity contribution is 0.0797. The summed E-state index contributed by atoms with van der Waals surface area (Å²) in [4.78, 5) is 28.6. The highest BCUT2D eigenvalue weighted by Crippen LogP contribution is 2.40. The summed E-state index contributed by atoms with van der Waals surface area (Å²) in [5.41, 5.74) is 25.6. The van der Waals surface area contributed by atoms with Gasteiger partial charge in [0, 0.05) is 33.9 Å². The highest BCUT2D eigenvalue weighted by molar-refractivity contribution is 6.26. The Morgan fingerprint density at radius 1 is 0.424 bits per heavy atom. The van der Waals surface area contributed by atoms with Gasteiger partial charge in [0.2, 0.25) is 0 Å². The van der Waals surface area contributed by atoms with E-state index in [0.29, 0.717) is 45.0 Å². The van der Waals surface area contributed by atoms with Crippen molar-refractivity contribution in [1.82, 2.24) is 0 Å². The van der Waals surface area contributed by atoms with Crippen molar-refractivity contribution in [2.24, 2.45) is 0 Å². The van der Waals surface area contributed by atoms with Crippen molar-refractivity contribution < 1.29 is 9.59 Å². The van der Waals surface area contributed by atoms with Crippen molar-refractivity contribution in [2.75, 3.05) is 22.9 Å². The monoisotopic (exact) mass is 436 g/mol. The summed E-state index contributed by atoms with van der Waals surface area (Å²) in [6.07, 6.45) is 0. The fraction of sp³-hybridized carbons (Fsp3) is 0.0370. The summed E-state index contributed by atoms with van der Waals surface area (Å²) < 4.78 is 0. The Kier molecular flexibility index (Phi) is 5.58. The average molecular weight is 437 g/mol. The lowest BCUT2D eigenvalue weighted by atomic mass is 9.65. The van der Waals surface area contributed by atoms with Crippen molar-refractivity contribution in [3.05, 3.63) is 119 Å². The largest absolute Gasteiger partial charge is 0.399 e. The van der Waals surface area contributed by atoms with E-state index in [-0.39, 0.29) is 11.6 Å². The lowest BCUT2D eigenvalue weighted by Gasteiger charge is -2.33. The van der Waals surface area contributed by atoms with Crippen molar-refractivity contribution in [3.8, 4) is 0 Å². The van der Waals surface area contributed by atoms with E-state index in [1.165, 1.54) is 0 Å². The van der Waals surface area contributed by atoms with E-state index in [2.05, 4.69) is 0 Å². The molecule has 4 aromatic carbocycles. The summed E-state index contributed by atoms with van der Waals surface area (Å²) in [6.45, 7) is 0. The van der Waals surface area contributed by atoms with Crippen molar-refractivity contribution in [1.29, 1.82) is 0 Å². The Morgan fingerprint density at radius 2 is 0.667 bits per heavy atom. The van der Waals surface area contributed by atoms with E-state index >= 15 is 0 Å². The zero-order valence-corrected chi connectivity index (χ0v) is 17.9. The molecule has 0 bridgehead atoms. The molecule has 0 fully saturated rings. The number of Topliss-reactive ketones (excluding diaryl/α,β-unsaturated/α-hetero) is 2. The number of hydrogen-bond donors (Lipinski definition) is 4. The summed E-state index contributed by atoms with van der Waals surface area (Å²) in [5.74, 6) is -0.780. The van der Waals surface area contributed by atoms with Gasteiger partial charge in [-0.05, 0) is 83.9 Å². The van der Waals surface area contributed by atoms with Crippen LogP contribution in [0.1, 0.15) is 31.8 Å². The maximum Gasteiger partial charge on any atom is 0.185 e. The third-order valence-corrected chi connectivity index (χ3v) is 5.71. The molecule has 0 spiro atoms. The third-order valence-electron chi connectivity index (χ3n) is 5.71. The zero-order valence-electron chi connectivity index (χ0n) is 17.9. The van der Waals surface area contributed by atoms with Crippen LogP contribution in [0.25, 0.3) is 0 Å². The first kappa shape index (κ1) is 21.6. The van der Waals surface area contributed by atoms with Crippen LogP contribution >= 0.6 is 0 Å². The van der Waals surface area contributed by atoms with Crippen LogP contribution in [-0.2, 0) is 5.41 Å². The number of benzene rings is 4. The number of rotatable bonds is 6. The first-order valence-electron chi connectivity index (χ1n) is 10.3. The van der Waals surface area contributed by atoms with E-state index in [4.69, 9.17) is 22.9 Å². The van der Waals surface area contributed by atoms with Crippen LogP contribution in [0.5, 0.6) is 0 Å². The van der Waals surface area contributed by atoms with Crippen LogP contribution < -0.4 is 22.9 Å². The smallest absolute Gasteiger partial charge is 0.185 e. The molecule has 0 amide bonds. The van der Waals surface area contributed by atoms with Crippen LogP contribution in [0.3, 0.4) is 0 Å². The first-order chi connectivity index (χ1) is 15.8. The highest BCUT2D eigenvalue weighted by atomic mass is 16.2. The van der Waals surface area contributed by atoms with Crippen LogP contribution in [0.2, 0.25) is 0 Å². The van der Waals surface area contributed by atoms with Gasteiger partial charge in [-0.25, -0.2) is 0 Å². The quantitative estimate of drug-likeness (QED) is 0.204. The normalized spacial score (nSPS) is 11.2. The molecule has 8 N–H and O–H groups in total. The number of anilines is 4. The molecule has 33 heavy (non-hydrogen) atoms. The predicted molar refractivity (Wildman–Crippen MR) is 133 cm³/mol. The molecule has 0 saturated carbocycles. The molecule has 6 heteroatoms. The number of carbonyl (C=O) groups is 2. The second-order valence-electron chi connectivity index (χ2n) is 7.90. The van der Waals surface area contributed by atoms with E-state index in [0.717, 1.165) is 0 Å². The molecular formula is C27H24N4O2. The van der Waals surface area contributed by atoms with Gasteiger partial charge in [-0.15, -0.1) is 0 Å². The Hall–Kier alpha value is -4.58. The molecule has 0 unspecified atom stereocenters. The van der Waals surface area contributed by atoms with E-state index < -0.39 is 5.41 Å². The van der Waals surface area contributed by atoms with Gasteiger partial charge in [0.25, 0.3) is 0 Å². The second kappa shape index (κ2) is 8.51. The molecule has 0 saturated heterocycles. The van der Waals surface area contributed by atoms with Gasteiger partial charge >= 0.3 is 0 Å². The molecule has 0 atom stereocenters. The molecule has 0 radical (unpaired) electrons. The molecule has 0 aliphatic rings. The standard InChI is InChI=1S/C27H24N4O2/c28-21-9-1-17(2-10-21)25(32)27(19-5-13-23(30)14-6-19,20-7-15-24(31)16-8-20)26(33)18-3-11-22(29)12-4-18/h1-16H,28-31H2. The third kappa shape index (κ3) is 3.90. The first-order valence-corrected chi connectivity index (χ1v) is 10.3. The minimum absolute atomic E-state index is 0.349. The van der Waals surface area contributed by atoms with Gasteiger partial charge in [0.05, 0.1) is 0 Å². The number of carbonyl (C=O) groups excluding carboxylic acids is 2. The molecule has 6 nitrogen and oxygen atoms in total. The lowest BCUT2D eigenvalue weighted by Crippen LogP contribution is -2.45. The van der Waals surface area contributed by atoms with Crippen LogP contribution in [0, 0.1) is 0 Å². The molecule has 4 aromatic rings. The van der Waals surface area contributed by atoms with Gasteiger partial charge in [-0.3, -0.25) is 9.59 Å². The Morgan fingerprint density at radius 3 is 0.939 bits per heavy atom. The molecule has 0 aliphatic heterocycles. The van der Waals surface area contributed by atoms with Crippen LogP contribution in [0.4, 0.5) is 22.7 Å². The summed E-state index contributed by atoms with van der Waals surface area (Å²) >= 11 is 0. The maximum absolute atomic E-state index is 14.3. The molecule has 164 valence electrons. The summed E-state index contributed by atoms with van der Waals surface area (Å²) in [7, 11) is 0. The fourth-order valence-electron chi connectivity index (χ4n) is 3.96. The SMILES string of the molecule is Nc1ccc(C(=O)C(C(=O)c2ccc(N)cc2)(c2ccc(N)cc2)c2ccc(N)cc2)cc1. The second-order valence-corrected chi connectivity index (χ2v) is 7.90. The highest BCUT2D eigenvalue weighted by Gasteiger charge is 2.49. The Labute approximate surface area is 191 Å². The van der Waals surface area contributed by atoms with Gasteiger partial charge < -0.3 is 22.9 Å². The van der Waals surface area contributed by atoms with Crippen molar-refractivity contribution >= 4 is 34.3 Å². The number of hydrogen-bond acceptors (Lipinski definition) is 6. The van der Waals surface area contributed by atoms with Crippen LogP contribution in [-0.4, -0.2) is 11.6 Å². The number of nitrogens with two attached hydrogens (primary N) is 4. The van der Waals surface area contributed by atoms with Gasteiger partial charge in [-0.2, -0.15) is 0 Å². The maximum atomic E-state index is 14.3. The molecular weight excluding hydrogens is 412 g/mol. The fourth-order valence-corrected chi connectivity index (χ4v) is 3.96. The number of nitrogen functional groups attached to an aromatic ring is 4. The molecule has 0 heterocycles. The van der Waals surface area contributed by atoms with Crippen molar-refractivity contribution in [2.45, 2.75) is 5.41 Å². The van der Waals surface area contributed by atoms with E-state index in [1.54, 1.807) is 97.1 Å². The predicted octanol–water partition coefficient (Wildman–Crippen LogP) is 4.07. The zero-order chi connectivity index (χ0) is 23.6.